The minimum atomic E-state index is -0.194. The lowest BCUT2D eigenvalue weighted by Gasteiger charge is -2.37. The van der Waals surface area contributed by atoms with E-state index in [-0.39, 0.29) is 11.6 Å². The van der Waals surface area contributed by atoms with Gasteiger partial charge in [0.1, 0.15) is 0 Å². The molecule has 3 fully saturated rings. The highest BCUT2D eigenvalue weighted by atomic mass is 16.6. The normalized spacial score (nSPS) is 46.0. The van der Waals surface area contributed by atoms with Gasteiger partial charge in [0.05, 0.1) is 12.5 Å². The van der Waals surface area contributed by atoms with Gasteiger partial charge >= 0.3 is 5.97 Å². The molecular weight excluding hydrogens is 202 g/mol. The number of piperidine rings is 1. The van der Waals surface area contributed by atoms with Crippen LogP contribution in [0.15, 0.2) is 11.6 Å². The van der Waals surface area contributed by atoms with Gasteiger partial charge in [-0.1, -0.05) is 12.5 Å². The Morgan fingerprint density at radius 1 is 1.44 bits per heavy atom. The number of hydrogen-bond acceptors (Lipinski definition) is 3. The van der Waals surface area contributed by atoms with Crippen LogP contribution in [0.5, 0.6) is 0 Å². The minimum absolute atomic E-state index is 0.000626. The minimum Gasteiger partial charge on any atom is -0.453 e. The Kier molecular flexibility index (Phi) is 1.67. The third kappa shape index (κ3) is 0.956. The van der Waals surface area contributed by atoms with Crippen molar-refractivity contribution >= 4 is 5.97 Å². The van der Waals surface area contributed by atoms with E-state index in [1.54, 1.807) is 0 Å². The maximum atomic E-state index is 11.6. The monoisotopic (exact) mass is 219 g/mol. The molecule has 0 radical (unpaired) electrons. The van der Waals surface area contributed by atoms with E-state index in [1.807, 2.05) is 0 Å². The highest BCUT2D eigenvalue weighted by Crippen LogP contribution is 2.53. The van der Waals surface area contributed by atoms with Crippen molar-refractivity contribution in [1.29, 1.82) is 0 Å². The van der Waals surface area contributed by atoms with Crippen molar-refractivity contribution < 1.29 is 9.53 Å². The van der Waals surface area contributed by atoms with Crippen molar-refractivity contribution in [2.75, 3.05) is 6.54 Å². The Bertz CT molecular complexity index is 389. The van der Waals surface area contributed by atoms with E-state index in [0.29, 0.717) is 18.5 Å². The molecular formula is C13H17NO2. The van der Waals surface area contributed by atoms with Crippen molar-refractivity contribution in [3.8, 4) is 0 Å². The van der Waals surface area contributed by atoms with Crippen LogP contribution >= 0.6 is 0 Å². The third-order valence-corrected chi connectivity index (χ3v) is 4.90. The van der Waals surface area contributed by atoms with E-state index >= 15 is 0 Å². The van der Waals surface area contributed by atoms with Gasteiger partial charge in [0.15, 0.2) is 5.60 Å². The molecule has 0 aromatic rings. The summed E-state index contributed by atoms with van der Waals surface area (Å²) in [5, 5.41) is 0. The van der Waals surface area contributed by atoms with E-state index in [2.05, 4.69) is 11.0 Å². The molecule has 0 amide bonds. The Hall–Kier alpha value is -0.830. The molecule has 2 bridgehead atoms. The second kappa shape index (κ2) is 2.89. The summed E-state index contributed by atoms with van der Waals surface area (Å²) in [5.74, 6) is -0.000626. The molecule has 86 valence electrons. The Morgan fingerprint density at radius 2 is 2.38 bits per heavy atom. The van der Waals surface area contributed by atoms with Crippen LogP contribution in [0.2, 0.25) is 0 Å². The molecule has 3 heterocycles. The van der Waals surface area contributed by atoms with Gasteiger partial charge in [-0.2, -0.15) is 0 Å². The van der Waals surface area contributed by atoms with E-state index in [9.17, 15) is 4.79 Å². The van der Waals surface area contributed by atoms with Gasteiger partial charge in [-0.25, -0.2) is 0 Å². The molecule has 16 heavy (non-hydrogen) atoms. The summed E-state index contributed by atoms with van der Waals surface area (Å²) in [5.41, 5.74) is 1.10. The fraction of sp³-hybridized carbons (Fsp3) is 0.769. The SMILES string of the molecule is O=C1CC2=CCC3CC2(O1)C1CCCCN31. The van der Waals surface area contributed by atoms with Crippen LogP contribution in [0.3, 0.4) is 0 Å². The lowest BCUT2D eigenvalue weighted by atomic mass is 9.79. The van der Waals surface area contributed by atoms with Gasteiger partial charge in [0, 0.05) is 12.5 Å². The Morgan fingerprint density at radius 3 is 3.31 bits per heavy atom. The number of fused-ring (bicyclic) bond motifs is 3. The van der Waals surface area contributed by atoms with Crippen LogP contribution in [0.1, 0.15) is 38.5 Å². The van der Waals surface area contributed by atoms with Crippen molar-refractivity contribution in [2.24, 2.45) is 0 Å². The van der Waals surface area contributed by atoms with Crippen LogP contribution in [0.4, 0.5) is 0 Å². The Labute approximate surface area is 95.4 Å². The fourth-order valence-corrected chi connectivity index (χ4v) is 4.30. The molecule has 3 saturated heterocycles. The molecule has 3 heteroatoms. The summed E-state index contributed by atoms with van der Waals surface area (Å²) in [6.45, 7) is 1.20. The van der Waals surface area contributed by atoms with Gasteiger partial charge in [0.2, 0.25) is 0 Å². The lowest BCUT2D eigenvalue weighted by Crippen LogP contribution is -2.47. The first kappa shape index (κ1) is 9.23. The number of carbonyl (C=O) groups excluding carboxylic acids is 1. The highest BCUT2D eigenvalue weighted by molar-refractivity contribution is 5.78. The first-order valence-corrected chi connectivity index (χ1v) is 6.47. The summed E-state index contributed by atoms with van der Waals surface area (Å²) in [7, 11) is 0. The summed E-state index contributed by atoms with van der Waals surface area (Å²) in [4.78, 5) is 14.2. The number of rotatable bonds is 0. The summed E-state index contributed by atoms with van der Waals surface area (Å²) in [6, 6.07) is 1.13. The van der Waals surface area contributed by atoms with Gasteiger partial charge in [-0.05, 0) is 31.4 Å². The van der Waals surface area contributed by atoms with Crippen LogP contribution in [-0.2, 0) is 9.53 Å². The third-order valence-electron chi connectivity index (χ3n) is 4.90. The highest BCUT2D eigenvalue weighted by Gasteiger charge is 2.61. The maximum Gasteiger partial charge on any atom is 0.311 e. The van der Waals surface area contributed by atoms with Gasteiger partial charge in [0.25, 0.3) is 0 Å². The zero-order valence-electron chi connectivity index (χ0n) is 9.45. The maximum absolute atomic E-state index is 11.6. The number of hydrogen-bond donors (Lipinski definition) is 0. The number of carbonyl (C=O) groups is 1. The zero-order valence-corrected chi connectivity index (χ0v) is 9.45. The summed E-state index contributed by atoms with van der Waals surface area (Å²) >= 11 is 0. The van der Waals surface area contributed by atoms with Gasteiger partial charge in [-0.15, -0.1) is 0 Å². The number of ether oxygens (including phenoxy) is 1. The predicted octanol–water partition coefficient (Wildman–Crippen LogP) is 1.63. The molecule has 0 aromatic carbocycles. The van der Waals surface area contributed by atoms with Crippen molar-refractivity contribution in [2.45, 2.75) is 56.2 Å². The van der Waals surface area contributed by atoms with Crippen LogP contribution in [0, 0.1) is 0 Å². The molecule has 1 aliphatic carbocycles. The first-order valence-electron chi connectivity index (χ1n) is 6.47. The molecule has 3 aliphatic heterocycles. The first-order chi connectivity index (χ1) is 7.79. The van der Waals surface area contributed by atoms with Gasteiger partial charge < -0.3 is 4.74 Å². The van der Waals surface area contributed by atoms with E-state index in [4.69, 9.17) is 4.74 Å². The number of nitrogens with zero attached hydrogens (tertiary/aromatic N) is 1. The average Bonchev–Trinajstić information content (AvgIpc) is 2.76. The lowest BCUT2D eigenvalue weighted by molar-refractivity contribution is -0.149. The molecule has 3 nitrogen and oxygen atoms in total. The van der Waals surface area contributed by atoms with Crippen LogP contribution in [0.25, 0.3) is 0 Å². The van der Waals surface area contributed by atoms with Crippen molar-refractivity contribution in [3.05, 3.63) is 11.6 Å². The van der Waals surface area contributed by atoms with E-state index < -0.39 is 0 Å². The molecule has 3 unspecified atom stereocenters. The molecule has 3 atom stereocenters. The van der Waals surface area contributed by atoms with Crippen LogP contribution in [-0.4, -0.2) is 35.1 Å². The Balaban J connectivity index is 1.80. The van der Waals surface area contributed by atoms with E-state index in [0.717, 1.165) is 12.8 Å². The van der Waals surface area contributed by atoms with Crippen LogP contribution < -0.4 is 0 Å². The summed E-state index contributed by atoms with van der Waals surface area (Å²) in [6.07, 6.45) is 8.85. The quantitative estimate of drug-likeness (QED) is 0.458. The molecule has 0 N–H and O–H groups in total. The molecule has 0 aromatic heterocycles. The van der Waals surface area contributed by atoms with Crippen molar-refractivity contribution in [3.63, 3.8) is 0 Å². The summed E-state index contributed by atoms with van der Waals surface area (Å²) < 4.78 is 5.76. The second-order valence-corrected chi connectivity index (χ2v) is 5.61. The molecule has 1 spiro atoms. The van der Waals surface area contributed by atoms with E-state index in [1.165, 1.54) is 31.4 Å². The predicted molar refractivity (Wildman–Crippen MR) is 58.9 cm³/mol. The van der Waals surface area contributed by atoms with Crippen molar-refractivity contribution in [1.82, 2.24) is 4.90 Å². The average molecular weight is 219 g/mol. The topological polar surface area (TPSA) is 29.5 Å². The zero-order chi connectivity index (χ0) is 10.8. The van der Waals surface area contributed by atoms with Gasteiger partial charge in [-0.3, -0.25) is 9.69 Å². The molecule has 0 saturated carbocycles. The molecule has 4 aliphatic rings. The standard InChI is InChI=1S/C13H17NO2/c15-12-7-9-4-5-10-8-13(9,16-12)11-3-1-2-6-14(10)11/h4,10-11H,1-3,5-8H2. The smallest absolute Gasteiger partial charge is 0.311 e. The second-order valence-electron chi connectivity index (χ2n) is 5.61. The largest absolute Gasteiger partial charge is 0.453 e. The number of esters is 1. The fourth-order valence-electron chi connectivity index (χ4n) is 4.30. The molecule has 4 rings (SSSR count).